The van der Waals surface area contributed by atoms with E-state index in [4.69, 9.17) is 4.74 Å². The minimum atomic E-state index is -0.777. The van der Waals surface area contributed by atoms with Crippen molar-refractivity contribution in [2.24, 2.45) is 0 Å². The van der Waals surface area contributed by atoms with E-state index < -0.39 is 22.7 Å². The Balaban J connectivity index is 1.41. The second-order valence-corrected chi connectivity index (χ2v) is 7.91. The van der Waals surface area contributed by atoms with Crippen LogP contribution in [0.15, 0.2) is 82.6 Å². The summed E-state index contributed by atoms with van der Waals surface area (Å²) in [5.74, 6) is -1.67. The van der Waals surface area contributed by atoms with Crippen LogP contribution < -0.4 is 0 Å². The number of carbonyl (C=O) groups is 3. The van der Waals surface area contributed by atoms with Gasteiger partial charge in [0.05, 0.1) is 33.1 Å². The number of fused-ring (bicyclic) bond motifs is 1. The molecule has 3 aromatic rings. The highest BCUT2D eigenvalue weighted by Gasteiger charge is 2.34. The van der Waals surface area contributed by atoms with Gasteiger partial charge in [-0.2, -0.15) is 0 Å². The molecule has 1 aliphatic rings. The molecule has 3 aromatic carbocycles. The van der Waals surface area contributed by atoms with Crippen LogP contribution >= 0.6 is 11.8 Å². The third-order valence-corrected chi connectivity index (χ3v) is 5.86. The van der Waals surface area contributed by atoms with Gasteiger partial charge in [-0.15, -0.1) is 0 Å². The van der Waals surface area contributed by atoms with Crippen molar-refractivity contribution in [3.05, 3.63) is 99.6 Å². The predicted molar refractivity (Wildman–Crippen MR) is 116 cm³/mol. The number of amides is 2. The molecule has 160 valence electrons. The van der Waals surface area contributed by atoms with Crippen molar-refractivity contribution >= 4 is 35.2 Å². The minimum Gasteiger partial charge on any atom is -0.460 e. The number of ether oxygens (including phenoxy) is 1. The summed E-state index contributed by atoms with van der Waals surface area (Å²) in [6.07, 6.45) is 0. The normalized spacial score (nSPS) is 12.6. The highest BCUT2D eigenvalue weighted by Crippen LogP contribution is 2.35. The molecule has 1 aliphatic heterocycles. The zero-order valence-corrected chi connectivity index (χ0v) is 17.4. The minimum absolute atomic E-state index is 0.0106. The van der Waals surface area contributed by atoms with Crippen LogP contribution in [0.4, 0.5) is 5.69 Å². The van der Waals surface area contributed by atoms with Crippen molar-refractivity contribution < 1.29 is 24.0 Å². The maximum Gasteiger partial charge on any atom is 0.338 e. The summed E-state index contributed by atoms with van der Waals surface area (Å²) in [5.41, 5.74) is 0.419. The van der Waals surface area contributed by atoms with Crippen LogP contribution in [-0.2, 0) is 4.74 Å². The monoisotopic (exact) mass is 448 g/mol. The Hall–Kier alpha value is -3.98. The zero-order valence-electron chi connectivity index (χ0n) is 16.6. The van der Waals surface area contributed by atoms with Crippen LogP contribution in [0.3, 0.4) is 0 Å². The fourth-order valence-electron chi connectivity index (χ4n) is 3.24. The second kappa shape index (κ2) is 9.03. The number of nitro groups is 1. The lowest BCUT2D eigenvalue weighted by atomic mass is 10.1. The Bertz CT molecular complexity index is 1190. The number of nitro benzene ring substituents is 1. The zero-order chi connectivity index (χ0) is 22.7. The first-order valence-electron chi connectivity index (χ1n) is 9.59. The molecule has 0 saturated heterocycles. The largest absolute Gasteiger partial charge is 0.460 e. The van der Waals surface area contributed by atoms with Crippen molar-refractivity contribution in [2.75, 3.05) is 13.2 Å². The van der Waals surface area contributed by atoms with E-state index in [-0.39, 0.29) is 24.4 Å². The summed E-state index contributed by atoms with van der Waals surface area (Å²) < 4.78 is 5.16. The van der Waals surface area contributed by atoms with Crippen LogP contribution in [0.5, 0.6) is 0 Å². The van der Waals surface area contributed by atoms with Crippen LogP contribution in [-0.4, -0.2) is 40.8 Å². The molecule has 8 nitrogen and oxygen atoms in total. The molecular formula is C23H16N2O6S. The first-order valence-corrected chi connectivity index (χ1v) is 10.4. The van der Waals surface area contributed by atoms with Crippen molar-refractivity contribution in [3.63, 3.8) is 0 Å². The number of benzene rings is 3. The second-order valence-electron chi connectivity index (χ2n) is 6.80. The Morgan fingerprint density at radius 1 is 0.938 bits per heavy atom. The van der Waals surface area contributed by atoms with Crippen LogP contribution in [0, 0.1) is 10.1 Å². The molecule has 0 fully saturated rings. The summed E-state index contributed by atoms with van der Waals surface area (Å²) in [5, 5.41) is 11.5. The smallest absolute Gasteiger partial charge is 0.338 e. The SMILES string of the molecule is O=C(OCCN1C(=O)c2ccccc2C1=O)c1ccc(Sc2ccccc2)c([N+](=O)[O-])c1. The van der Waals surface area contributed by atoms with Gasteiger partial charge in [-0.3, -0.25) is 24.6 Å². The maximum absolute atomic E-state index is 12.4. The molecule has 4 rings (SSSR count). The van der Waals surface area contributed by atoms with Gasteiger partial charge >= 0.3 is 5.97 Å². The van der Waals surface area contributed by atoms with E-state index in [0.717, 1.165) is 15.9 Å². The lowest BCUT2D eigenvalue weighted by molar-refractivity contribution is -0.387. The van der Waals surface area contributed by atoms with E-state index in [1.807, 2.05) is 30.3 Å². The average molecular weight is 448 g/mol. The van der Waals surface area contributed by atoms with Gasteiger partial charge in [-0.1, -0.05) is 42.1 Å². The van der Waals surface area contributed by atoms with E-state index in [0.29, 0.717) is 16.0 Å². The Labute approximate surface area is 186 Å². The molecule has 0 aliphatic carbocycles. The number of esters is 1. The number of imide groups is 1. The Morgan fingerprint density at radius 3 is 2.19 bits per heavy atom. The van der Waals surface area contributed by atoms with Gasteiger partial charge in [0.25, 0.3) is 17.5 Å². The number of hydrogen-bond acceptors (Lipinski definition) is 7. The van der Waals surface area contributed by atoms with E-state index in [1.54, 1.807) is 24.3 Å². The molecule has 0 bridgehead atoms. The fourth-order valence-corrected chi connectivity index (χ4v) is 4.17. The molecule has 9 heteroatoms. The lowest BCUT2D eigenvalue weighted by Gasteiger charge is -2.14. The average Bonchev–Trinajstić information content (AvgIpc) is 3.05. The molecule has 0 atom stereocenters. The first kappa shape index (κ1) is 21.3. The Morgan fingerprint density at radius 2 is 1.56 bits per heavy atom. The van der Waals surface area contributed by atoms with Gasteiger partial charge < -0.3 is 4.74 Å². The van der Waals surface area contributed by atoms with E-state index in [2.05, 4.69) is 0 Å². The molecule has 0 spiro atoms. The topological polar surface area (TPSA) is 107 Å². The summed E-state index contributed by atoms with van der Waals surface area (Å²) in [4.78, 5) is 50.3. The molecule has 0 unspecified atom stereocenters. The quantitative estimate of drug-likeness (QED) is 0.231. The highest BCUT2D eigenvalue weighted by atomic mass is 32.2. The van der Waals surface area contributed by atoms with Gasteiger partial charge in [-0.25, -0.2) is 4.79 Å². The first-order chi connectivity index (χ1) is 15.5. The van der Waals surface area contributed by atoms with Crippen LogP contribution in [0.2, 0.25) is 0 Å². The van der Waals surface area contributed by atoms with E-state index in [9.17, 15) is 24.5 Å². The van der Waals surface area contributed by atoms with Gasteiger partial charge in [0.2, 0.25) is 0 Å². The lowest BCUT2D eigenvalue weighted by Crippen LogP contribution is -2.33. The fraction of sp³-hybridized carbons (Fsp3) is 0.0870. The molecule has 32 heavy (non-hydrogen) atoms. The van der Waals surface area contributed by atoms with Gasteiger partial charge in [-0.05, 0) is 36.4 Å². The summed E-state index contributed by atoms with van der Waals surface area (Å²) in [6, 6.07) is 19.7. The molecular weight excluding hydrogens is 432 g/mol. The van der Waals surface area contributed by atoms with E-state index >= 15 is 0 Å². The Kier molecular flexibility index (Phi) is 6.00. The molecule has 0 radical (unpaired) electrons. The third-order valence-electron chi connectivity index (χ3n) is 4.79. The number of hydrogen-bond donors (Lipinski definition) is 0. The molecule has 0 N–H and O–H groups in total. The van der Waals surface area contributed by atoms with Crippen LogP contribution in [0.1, 0.15) is 31.1 Å². The van der Waals surface area contributed by atoms with Gasteiger partial charge in [0.1, 0.15) is 6.61 Å². The van der Waals surface area contributed by atoms with Crippen LogP contribution in [0.25, 0.3) is 0 Å². The molecule has 2 amide bonds. The summed E-state index contributed by atoms with van der Waals surface area (Å²) >= 11 is 1.22. The van der Waals surface area contributed by atoms with Crippen molar-refractivity contribution in [3.8, 4) is 0 Å². The van der Waals surface area contributed by atoms with Crippen molar-refractivity contribution in [1.29, 1.82) is 0 Å². The predicted octanol–water partition coefficient (Wildman–Crippen LogP) is 4.20. The highest BCUT2D eigenvalue weighted by molar-refractivity contribution is 7.99. The summed E-state index contributed by atoms with van der Waals surface area (Å²) in [7, 11) is 0. The number of rotatable bonds is 7. The standard InChI is InChI=1S/C23H16N2O6S/c26-21-17-8-4-5-9-18(17)22(27)24(21)12-13-31-23(28)15-10-11-20(19(14-15)25(29)30)32-16-6-2-1-3-7-16/h1-11,14H,12-13H2. The number of carbonyl (C=O) groups excluding carboxylic acids is 3. The molecule has 1 heterocycles. The summed E-state index contributed by atoms with van der Waals surface area (Å²) in [6.45, 7) is -0.333. The maximum atomic E-state index is 12.4. The molecule has 0 saturated carbocycles. The van der Waals surface area contributed by atoms with Gasteiger partial charge in [0, 0.05) is 11.0 Å². The third kappa shape index (κ3) is 4.23. The molecule has 0 aromatic heterocycles. The van der Waals surface area contributed by atoms with Gasteiger partial charge in [0.15, 0.2) is 0 Å². The van der Waals surface area contributed by atoms with Crippen molar-refractivity contribution in [1.82, 2.24) is 4.90 Å². The number of nitrogens with zero attached hydrogens (tertiary/aromatic N) is 2. The van der Waals surface area contributed by atoms with E-state index in [1.165, 1.54) is 23.9 Å². The van der Waals surface area contributed by atoms with Crippen molar-refractivity contribution in [2.45, 2.75) is 9.79 Å².